The zero-order valence-electron chi connectivity index (χ0n) is 16.2. The number of nitrogens with two attached hydrogens (primary N) is 1. The predicted octanol–water partition coefficient (Wildman–Crippen LogP) is 2.99. The molecule has 150 valence electrons. The molecule has 0 aliphatic rings. The Balaban J connectivity index is 1.72. The molecule has 0 unspecified atom stereocenters. The van der Waals surface area contributed by atoms with Gasteiger partial charge in [0.1, 0.15) is 11.4 Å². The monoisotopic (exact) mass is 413 g/mol. The van der Waals surface area contributed by atoms with Crippen LogP contribution in [0.5, 0.6) is 5.75 Å². The molecule has 0 spiro atoms. The van der Waals surface area contributed by atoms with Gasteiger partial charge in [-0.1, -0.05) is 11.6 Å². The van der Waals surface area contributed by atoms with E-state index in [1.54, 1.807) is 37.0 Å². The van der Waals surface area contributed by atoms with Crippen molar-refractivity contribution >= 4 is 39.8 Å². The Kier molecular flexibility index (Phi) is 4.64. The van der Waals surface area contributed by atoms with E-state index in [1.807, 2.05) is 19.2 Å². The number of benzene rings is 1. The number of fused-ring (bicyclic) bond motifs is 2. The minimum absolute atomic E-state index is 0.267. The molecule has 0 saturated carbocycles. The van der Waals surface area contributed by atoms with E-state index < -0.39 is 11.6 Å². The third-order valence-corrected chi connectivity index (χ3v) is 4.79. The lowest BCUT2D eigenvalue weighted by Crippen LogP contribution is -2.49. The molecule has 0 fully saturated rings. The maximum atomic E-state index is 12.2. The van der Waals surface area contributed by atoms with Crippen molar-refractivity contribution in [2.75, 3.05) is 6.54 Å². The van der Waals surface area contributed by atoms with Gasteiger partial charge in [-0.3, -0.25) is 4.68 Å². The van der Waals surface area contributed by atoms with Gasteiger partial charge in [0.2, 0.25) is 0 Å². The first-order chi connectivity index (χ1) is 13.8. The number of nitrogens with one attached hydrogen (secondary N) is 2. The van der Waals surface area contributed by atoms with Crippen LogP contribution in [0.1, 0.15) is 13.8 Å². The normalized spacial score (nSPS) is 11.9. The van der Waals surface area contributed by atoms with Crippen LogP contribution in [0.2, 0.25) is 5.02 Å². The van der Waals surface area contributed by atoms with Gasteiger partial charge in [0.05, 0.1) is 11.7 Å². The molecule has 4 aromatic rings. The van der Waals surface area contributed by atoms with Gasteiger partial charge in [-0.25, -0.2) is 14.8 Å². The summed E-state index contributed by atoms with van der Waals surface area (Å²) in [7, 11) is 1.84. The number of rotatable bonds is 4. The summed E-state index contributed by atoms with van der Waals surface area (Å²) in [6, 6.07) is 5.53. The van der Waals surface area contributed by atoms with Gasteiger partial charge in [0, 0.05) is 35.7 Å². The number of aromatic nitrogens is 5. The lowest BCUT2D eigenvalue weighted by molar-refractivity contribution is 0.189. The highest BCUT2D eigenvalue weighted by Crippen LogP contribution is 2.30. The van der Waals surface area contributed by atoms with Crippen LogP contribution < -0.4 is 15.8 Å². The highest BCUT2D eigenvalue weighted by molar-refractivity contribution is 6.31. The Bertz CT molecular complexity index is 1230. The van der Waals surface area contributed by atoms with E-state index in [9.17, 15) is 4.79 Å². The third-order valence-electron chi connectivity index (χ3n) is 4.56. The van der Waals surface area contributed by atoms with Crippen LogP contribution in [-0.4, -0.2) is 42.9 Å². The van der Waals surface area contributed by atoms with Crippen molar-refractivity contribution in [3.8, 4) is 17.1 Å². The molecular weight excluding hydrogens is 394 g/mol. The molecule has 0 saturated heterocycles. The van der Waals surface area contributed by atoms with Crippen molar-refractivity contribution in [3.05, 3.63) is 35.6 Å². The number of hydrogen-bond donors (Lipinski definition) is 3. The van der Waals surface area contributed by atoms with Crippen LogP contribution in [-0.2, 0) is 7.05 Å². The molecule has 0 aliphatic carbocycles. The highest BCUT2D eigenvalue weighted by atomic mass is 35.5. The van der Waals surface area contributed by atoms with Crippen LogP contribution in [0, 0.1) is 0 Å². The second-order valence-corrected chi connectivity index (χ2v) is 7.78. The fourth-order valence-corrected chi connectivity index (χ4v) is 3.10. The van der Waals surface area contributed by atoms with Crippen molar-refractivity contribution in [1.82, 2.24) is 30.0 Å². The number of H-pyrrole nitrogens is 1. The molecule has 0 atom stereocenters. The average molecular weight is 414 g/mol. The highest BCUT2D eigenvalue weighted by Gasteiger charge is 2.21. The van der Waals surface area contributed by atoms with Gasteiger partial charge >= 0.3 is 6.09 Å². The van der Waals surface area contributed by atoms with Crippen LogP contribution in [0.25, 0.3) is 33.5 Å². The van der Waals surface area contributed by atoms with Gasteiger partial charge in [0.25, 0.3) is 0 Å². The lowest BCUT2D eigenvalue weighted by Gasteiger charge is -2.23. The summed E-state index contributed by atoms with van der Waals surface area (Å²) in [4.78, 5) is 24.2. The zero-order chi connectivity index (χ0) is 20.8. The van der Waals surface area contributed by atoms with Crippen LogP contribution in [0.15, 0.2) is 30.6 Å². The molecular formula is C19H20ClN7O2. The SMILES string of the molecule is Cn1nc(-c2cnc3[nH]cc(OC(=O)NC(C)(C)CN)c3n2)c2ccc(Cl)cc21. The van der Waals surface area contributed by atoms with Crippen LogP contribution in [0.4, 0.5) is 4.79 Å². The number of carbonyl (C=O) groups excluding carboxylic acids is 1. The van der Waals surface area contributed by atoms with Gasteiger partial charge in [-0.05, 0) is 32.0 Å². The molecule has 4 N–H and O–H groups in total. The van der Waals surface area contributed by atoms with Gasteiger partial charge < -0.3 is 20.8 Å². The zero-order valence-corrected chi connectivity index (χ0v) is 16.9. The average Bonchev–Trinajstić information content (AvgIpc) is 3.22. The van der Waals surface area contributed by atoms with Crippen LogP contribution >= 0.6 is 11.6 Å². The number of amides is 1. The molecule has 0 bridgehead atoms. The molecule has 1 aromatic carbocycles. The molecule has 1 amide bonds. The van der Waals surface area contributed by atoms with E-state index in [-0.39, 0.29) is 12.3 Å². The summed E-state index contributed by atoms with van der Waals surface area (Å²) >= 11 is 6.10. The van der Waals surface area contributed by atoms with E-state index in [1.165, 1.54) is 0 Å². The Labute approximate surface area is 171 Å². The Morgan fingerprint density at radius 3 is 2.97 bits per heavy atom. The van der Waals surface area contributed by atoms with E-state index in [0.29, 0.717) is 27.6 Å². The first-order valence-corrected chi connectivity index (χ1v) is 9.32. The minimum atomic E-state index is -0.619. The van der Waals surface area contributed by atoms with Crippen molar-refractivity contribution < 1.29 is 9.53 Å². The fraction of sp³-hybridized carbons (Fsp3) is 0.263. The summed E-state index contributed by atoms with van der Waals surface area (Å²) in [6.45, 7) is 3.89. The van der Waals surface area contributed by atoms with Crippen molar-refractivity contribution in [2.24, 2.45) is 12.8 Å². The smallest absolute Gasteiger partial charge is 0.406 e. The van der Waals surface area contributed by atoms with Crippen molar-refractivity contribution in [1.29, 1.82) is 0 Å². The molecule has 3 heterocycles. The minimum Gasteiger partial charge on any atom is -0.406 e. The van der Waals surface area contributed by atoms with Gasteiger partial charge in [0.15, 0.2) is 16.9 Å². The number of carbonyl (C=O) groups is 1. The van der Waals surface area contributed by atoms with E-state index in [0.717, 1.165) is 10.9 Å². The molecule has 29 heavy (non-hydrogen) atoms. The van der Waals surface area contributed by atoms with Gasteiger partial charge in [-0.15, -0.1) is 0 Å². The maximum Gasteiger partial charge on any atom is 0.413 e. The fourth-order valence-electron chi connectivity index (χ4n) is 2.93. The third kappa shape index (κ3) is 3.62. The number of hydrogen-bond acceptors (Lipinski definition) is 6. The summed E-state index contributed by atoms with van der Waals surface area (Å²) in [5.74, 6) is 0.267. The first-order valence-electron chi connectivity index (χ1n) is 8.94. The Morgan fingerprint density at radius 2 is 2.21 bits per heavy atom. The summed E-state index contributed by atoms with van der Waals surface area (Å²) in [5, 5.41) is 8.79. The molecule has 3 aromatic heterocycles. The maximum absolute atomic E-state index is 12.2. The second-order valence-electron chi connectivity index (χ2n) is 7.34. The lowest BCUT2D eigenvalue weighted by atomic mass is 10.1. The molecule has 0 aliphatic heterocycles. The van der Waals surface area contributed by atoms with Crippen molar-refractivity contribution in [2.45, 2.75) is 19.4 Å². The summed E-state index contributed by atoms with van der Waals surface area (Å²) in [6.07, 6.45) is 2.54. The summed E-state index contributed by atoms with van der Waals surface area (Å²) < 4.78 is 7.16. The first kappa shape index (κ1) is 19.2. The van der Waals surface area contributed by atoms with E-state index in [2.05, 4.69) is 25.4 Å². The van der Waals surface area contributed by atoms with E-state index >= 15 is 0 Å². The molecule has 4 rings (SSSR count). The standard InChI is InChI=1S/C19H20ClN7O2/c1-19(2,9-21)25-18(28)29-14-8-23-17-16(14)24-12(7-22-17)15-11-5-4-10(20)6-13(11)27(3)26-15/h4-8H,9,21H2,1-3H3,(H,22,23)(H,25,28). The Morgan fingerprint density at radius 1 is 1.41 bits per heavy atom. The largest absolute Gasteiger partial charge is 0.413 e. The van der Waals surface area contributed by atoms with Crippen LogP contribution in [0.3, 0.4) is 0 Å². The Hall–Kier alpha value is -3.17. The number of aromatic amines is 1. The van der Waals surface area contributed by atoms with Crippen molar-refractivity contribution in [3.63, 3.8) is 0 Å². The number of nitrogens with zero attached hydrogens (tertiary/aromatic N) is 4. The predicted molar refractivity (Wildman–Crippen MR) is 111 cm³/mol. The number of ether oxygens (including phenoxy) is 1. The summed E-state index contributed by atoms with van der Waals surface area (Å²) in [5.41, 5.74) is 8.07. The number of aryl methyl sites for hydroxylation is 1. The molecule has 0 radical (unpaired) electrons. The molecule has 10 heteroatoms. The molecule has 9 nitrogen and oxygen atoms in total. The second kappa shape index (κ2) is 7.02. The quantitative estimate of drug-likeness (QED) is 0.472. The number of halogens is 1. The topological polar surface area (TPSA) is 124 Å². The van der Waals surface area contributed by atoms with Gasteiger partial charge in [-0.2, -0.15) is 5.10 Å². The van der Waals surface area contributed by atoms with E-state index in [4.69, 9.17) is 22.1 Å².